The van der Waals surface area contributed by atoms with Gasteiger partial charge >= 0.3 is 0 Å². The lowest BCUT2D eigenvalue weighted by atomic mass is 9.91. The average molecular weight is 254 g/mol. The van der Waals surface area contributed by atoms with Crippen LogP contribution in [0.4, 0.5) is 0 Å². The van der Waals surface area contributed by atoms with Gasteiger partial charge in [0.1, 0.15) is 5.75 Å². The van der Waals surface area contributed by atoms with E-state index < -0.39 is 0 Å². The molecule has 94 valence electrons. The summed E-state index contributed by atoms with van der Waals surface area (Å²) < 4.78 is 5.23. The van der Waals surface area contributed by atoms with E-state index in [9.17, 15) is 0 Å². The highest BCUT2D eigenvalue weighted by Gasteiger charge is 2.27. The Morgan fingerprint density at radius 1 is 1.41 bits per heavy atom. The Labute approximate surface area is 108 Å². The van der Waals surface area contributed by atoms with E-state index >= 15 is 0 Å². The summed E-state index contributed by atoms with van der Waals surface area (Å²) in [7, 11) is 1.63. The molecular formula is C14H20ClNO. The highest BCUT2D eigenvalue weighted by molar-refractivity contribution is 6.32. The molecule has 1 fully saturated rings. The van der Waals surface area contributed by atoms with Crippen molar-refractivity contribution >= 4 is 11.6 Å². The highest BCUT2D eigenvalue weighted by atomic mass is 35.5. The summed E-state index contributed by atoms with van der Waals surface area (Å²) in [5.74, 6) is 2.11. The number of rotatable bonds is 3. The first-order valence-corrected chi connectivity index (χ1v) is 6.58. The molecule has 1 saturated carbocycles. The predicted molar refractivity (Wildman–Crippen MR) is 71.4 cm³/mol. The fraction of sp³-hybridized carbons (Fsp3) is 0.571. The van der Waals surface area contributed by atoms with Crippen LogP contribution in [0.25, 0.3) is 0 Å². The summed E-state index contributed by atoms with van der Waals surface area (Å²) in [6.45, 7) is 2.30. The van der Waals surface area contributed by atoms with E-state index in [1.807, 2.05) is 18.2 Å². The van der Waals surface area contributed by atoms with E-state index in [2.05, 4.69) is 6.92 Å². The summed E-state index contributed by atoms with van der Waals surface area (Å²) in [6.07, 6.45) is 3.75. The van der Waals surface area contributed by atoms with Gasteiger partial charge in [0.15, 0.2) is 0 Å². The maximum absolute atomic E-state index is 6.34. The molecule has 2 nitrogen and oxygen atoms in total. The molecule has 0 radical (unpaired) electrons. The van der Waals surface area contributed by atoms with Crippen molar-refractivity contribution in [1.29, 1.82) is 0 Å². The first kappa shape index (κ1) is 12.7. The number of hydrogen-bond donors (Lipinski definition) is 1. The van der Waals surface area contributed by atoms with Crippen LogP contribution in [0.2, 0.25) is 5.02 Å². The van der Waals surface area contributed by atoms with E-state index in [1.54, 1.807) is 7.11 Å². The third-order valence-corrected chi connectivity index (χ3v) is 4.12. The lowest BCUT2D eigenvalue weighted by molar-refractivity contribution is 0.407. The van der Waals surface area contributed by atoms with Crippen molar-refractivity contribution in [3.05, 3.63) is 28.8 Å². The topological polar surface area (TPSA) is 35.2 Å². The molecule has 3 unspecified atom stereocenters. The number of methoxy groups -OCH3 is 1. The number of ether oxygens (including phenoxy) is 1. The third-order valence-electron chi connectivity index (χ3n) is 3.80. The second kappa shape index (κ2) is 5.28. The number of nitrogens with two attached hydrogens (primary N) is 1. The quantitative estimate of drug-likeness (QED) is 0.890. The lowest BCUT2D eigenvalue weighted by Gasteiger charge is -2.20. The van der Waals surface area contributed by atoms with E-state index in [-0.39, 0.29) is 6.04 Å². The average Bonchev–Trinajstić information content (AvgIpc) is 2.75. The summed E-state index contributed by atoms with van der Waals surface area (Å²) in [4.78, 5) is 0. The molecule has 3 heteroatoms. The lowest BCUT2D eigenvalue weighted by Crippen LogP contribution is -2.19. The van der Waals surface area contributed by atoms with Crippen LogP contribution in [0, 0.1) is 11.8 Å². The van der Waals surface area contributed by atoms with E-state index in [0.29, 0.717) is 16.7 Å². The highest BCUT2D eigenvalue weighted by Crippen LogP contribution is 2.39. The molecule has 0 aliphatic heterocycles. The minimum Gasteiger partial charge on any atom is -0.495 e. The molecule has 3 atom stereocenters. The van der Waals surface area contributed by atoms with Crippen molar-refractivity contribution in [1.82, 2.24) is 0 Å². The van der Waals surface area contributed by atoms with E-state index in [1.165, 1.54) is 19.3 Å². The molecule has 1 aliphatic carbocycles. The Morgan fingerprint density at radius 2 is 2.18 bits per heavy atom. The Balaban J connectivity index is 2.16. The third kappa shape index (κ3) is 2.75. The molecule has 1 aromatic carbocycles. The van der Waals surface area contributed by atoms with Gasteiger partial charge in [-0.05, 0) is 42.4 Å². The second-order valence-corrected chi connectivity index (χ2v) is 5.51. The molecule has 2 rings (SSSR count). The Hall–Kier alpha value is -0.730. The van der Waals surface area contributed by atoms with Gasteiger partial charge in [-0.15, -0.1) is 0 Å². The normalized spacial score (nSPS) is 25.9. The molecule has 1 aromatic rings. The zero-order valence-electron chi connectivity index (χ0n) is 10.4. The number of hydrogen-bond acceptors (Lipinski definition) is 2. The molecule has 17 heavy (non-hydrogen) atoms. The fourth-order valence-electron chi connectivity index (χ4n) is 2.73. The van der Waals surface area contributed by atoms with E-state index in [4.69, 9.17) is 22.1 Å². The van der Waals surface area contributed by atoms with Crippen molar-refractivity contribution in [2.45, 2.75) is 32.2 Å². The molecule has 1 aliphatic rings. The maximum Gasteiger partial charge on any atom is 0.137 e. The summed E-state index contributed by atoms with van der Waals surface area (Å²) in [5.41, 5.74) is 7.47. The fourth-order valence-corrected chi connectivity index (χ4v) is 2.93. The number of halogens is 1. The first-order chi connectivity index (χ1) is 8.11. The van der Waals surface area contributed by atoms with Crippen LogP contribution < -0.4 is 10.5 Å². The number of benzene rings is 1. The molecule has 0 spiro atoms. The molecule has 2 N–H and O–H groups in total. The predicted octanol–water partition coefficient (Wildman–Crippen LogP) is 3.78. The van der Waals surface area contributed by atoms with Crippen molar-refractivity contribution in [2.75, 3.05) is 7.11 Å². The van der Waals surface area contributed by atoms with Gasteiger partial charge in [0, 0.05) is 6.04 Å². The van der Waals surface area contributed by atoms with Crippen molar-refractivity contribution in [2.24, 2.45) is 17.6 Å². The monoisotopic (exact) mass is 253 g/mol. The first-order valence-electron chi connectivity index (χ1n) is 6.21. The van der Waals surface area contributed by atoms with Crippen LogP contribution in [-0.4, -0.2) is 7.11 Å². The zero-order valence-corrected chi connectivity index (χ0v) is 11.2. The summed E-state index contributed by atoms with van der Waals surface area (Å²) >= 11 is 6.02. The molecular weight excluding hydrogens is 234 g/mol. The molecule has 0 aromatic heterocycles. The van der Waals surface area contributed by atoms with Crippen molar-refractivity contribution in [3.63, 3.8) is 0 Å². The van der Waals surface area contributed by atoms with Gasteiger partial charge in [0.05, 0.1) is 12.1 Å². The molecule has 0 saturated heterocycles. The van der Waals surface area contributed by atoms with Crippen molar-refractivity contribution in [3.8, 4) is 5.75 Å². The van der Waals surface area contributed by atoms with Crippen molar-refractivity contribution < 1.29 is 4.74 Å². The molecule has 0 bridgehead atoms. The van der Waals surface area contributed by atoms with Gasteiger partial charge in [-0.3, -0.25) is 0 Å². The van der Waals surface area contributed by atoms with Crippen LogP contribution in [-0.2, 0) is 0 Å². The molecule has 0 heterocycles. The van der Waals surface area contributed by atoms with Gasteiger partial charge < -0.3 is 10.5 Å². The molecule has 0 amide bonds. The van der Waals surface area contributed by atoms with Gasteiger partial charge in [-0.25, -0.2) is 0 Å². The van der Waals surface area contributed by atoms with Gasteiger partial charge in [0.2, 0.25) is 0 Å². The van der Waals surface area contributed by atoms with Crippen LogP contribution in [0.1, 0.15) is 37.8 Å². The Kier molecular flexibility index (Phi) is 3.95. The van der Waals surface area contributed by atoms with Gasteiger partial charge in [-0.2, -0.15) is 0 Å². The van der Waals surface area contributed by atoms with Crippen LogP contribution in [0.5, 0.6) is 5.75 Å². The maximum atomic E-state index is 6.34. The smallest absolute Gasteiger partial charge is 0.137 e. The van der Waals surface area contributed by atoms with E-state index in [0.717, 1.165) is 11.5 Å². The zero-order chi connectivity index (χ0) is 12.4. The summed E-state index contributed by atoms with van der Waals surface area (Å²) in [6, 6.07) is 5.95. The Morgan fingerprint density at radius 3 is 2.76 bits per heavy atom. The minimum absolute atomic E-state index is 0.103. The largest absolute Gasteiger partial charge is 0.495 e. The minimum atomic E-state index is 0.103. The second-order valence-electron chi connectivity index (χ2n) is 5.10. The van der Waals surface area contributed by atoms with Crippen LogP contribution >= 0.6 is 11.6 Å². The summed E-state index contributed by atoms with van der Waals surface area (Å²) in [5, 5.41) is 0.642. The van der Waals surface area contributed by atoms with Gasteiger partial charge in [-0.1, -0.05) is 31.0 Å². The standard InChI is InChI=1S/C14H20ClNO/c1-9-3-4-10(7-9)14(16)11-5-6-12(15)13(8-11)17-2/h5-6,8-10,14H,3-4,7,16H2,1-2H3. The van der Waals surface area contributed by atoms with Crippen LogP contribution in [0.15, 0.2) is 18.2 Å². The Bertz CT molecular complexity index is 394. The van der Waals surface area contributed by atoms with Crippen LogP contribution in [0.3, 0.4) is 0 Å². The van der Waals surface area contributed by atoms with Gasteiger partial charge in [0.25, 0.3) is 0 Å². The SMILES string of the molecule is COc1cc(C(N)C2CCC(C)C2)ccc1Cl.